The third kappa shape index (κ3) is 7.01. The second-order valence-electron chi connectivity index (χ2n) is 6.50. The summed E-state index contributed by atoms with van der Waals surface area (Å²) in [7, 11) is 0. The Morgan fingerprint density at radius 3 is 2.76 bits per heavy atom. The van der Waals surface area contributed by atoms with Gasteiger partial charge < -0.3 is 15.8 Å². The Morgan fingerprint density at radius 2 is 2.08 bits per heavy atom. The standard InChI is InChI=1S/C19H32N4O.HI/c1-4-23-12-6-10-17(23)14-22-19(20)21-11-7-13-24-18-15(2)8-5-9-16(18)3;/h5,8-9,17H,4,6-7,10-14H2,1-3H3,(H3,20,21,22);1H. The van der Waals surface area contributed by atoms with Crippen LogP contribution in [0.1, 0.15) is 37.3 Å². The fourth-order valence-electron chi connectivity index (χ4n) is 3.27. The smallest absolute Gasteiger partial charge is 0.188 e. The van der Waals surface area contributed by atoms with Crippen molar-refractivity contribution in [3.63, 3.8) is 0 Å². The third-order valence-electron chi connectivity index (χ3n) is 4.66. The van der Waals surface area contributed by atoms with E-state index in [1.165, 1.54) is 30.5 Å². The maximum Gasteiger partial charge on any atom is 0.188 e. The molecule has 0 aromatic heterocycles. The molecular weight excluding hydrogens is 427 g/mol. The van der Waals surface area contributed by atoms with Crippen molar-refractivity contribution < 1.29 is 4.74 Å². The van der Waals surface area contributed by atoms with Crippen LogP contribution in [0.25, 0.3) is 0 Å². The number of aryl methyl sites for hydroxylation is 2. The van der Waals surface area contributed by atoms with Crippen molar-refractivity contribution in [3.05, 3.63) is 29.3 Å². The number of likely N-dealkylation sites (tertiary alicyclic amines) is 1. The first-order valence-electron chi connectivity index (χ1n) is 9.08. The molecule has 1 aliphatic rings. The minimum absolute atomic E-state index is 0. The highest BCUT2D eigenvalue weighted by atomic mass is 127. The number of aliphatic imine (C=N–C) groups is 1. The van der Waals surface area contributed by atoms with Crippen LogP contribution >= 0.6 is 24.0 Å². The monoisotopic (exact) mass is 460 g/mol. The molecule has 1 aromatic carbocycles. The van der Waals surface area contributed by atoms with Crippen LogP contribution in [0, 0.1) is 13.8 Å². The molecule has 1 fully saturated rings. The predicted molar refractivity (Wildman–Crippen MR) is 116 cm³/mol. The summed E-state index contributed by atoms with van der Waals surface area (Å²) in [6.07, 6.45) is 3.40. The Labute approximate surface area is 169 Å². The number of guanidine groups is 1. The molecule has 5 nitrogen and oxygen atoms in total. The van der Waals surface area contributed by atoms with E-state index in [-0.39, 0.29) is 24.0 Å². The van der Waals surface area contributed by atoms with Gasteiger partial charge in [0.15, 0.2) is 5.96 Å². The summed E-state index contributed by atoms with van der Waals surface area (Å²) in [6.45, 7) is 10.9. The Balaban J connectivity index is 0.00000312. The number of para-hydroxylation sites is 1. The van der Waals surface area contributed by atoms with Gasteiger partial charge >= 0.3 is 0 Å². The van der Waals surface area contributed by atoms with E-state index >= 15 is 0 Å². The van der Waals surface area contributed by atoms with Crippen LogP contribution < -0.4 is 15.8 Å². The number of benzene rings is 1. The van der Waals surface area contributed by atoms with E-state index in [1.807, 2.05) is 0 Å². The summed E-state index contributed by atoms with van der Waals surface area (Å²) in [6, 6.07) is 6.77. The lowest BCUT2D eigenvalue weighted by Crippen LogP contribution is -2.36. The molecule has 0 saturated carbocycles. The SMILES string of the molecule is CCN1CCCC1CN=C(N)NCCCOc1c(C)cccc1C.I. The van der Waals surface area contributed by atoms with Crippen molar-refractivity contribution in [1.82, 2.24) is 10.2 Å². The zero-order chi connectivity index (χ0) is 17.4. The van der Waals surface area contributed by atoms with Gasteiger partial charge in [-0.3, -0.25) is 9.89 Å². The molecule has 1 heterocycles. The van der Waals surface area contributed by atoms with Crippen molar-refractivity contribution in [2.24, 2.45) is 10.7 Å². The van der Waals surface area contributed by atoms with Gasteiger partial charge in [0, 0.05) is 12.6 Å². The number of halogens is 1. The lowest BCUT2D eigenvalue weighted by atomic mass is 10.1. The zero-order valence-electron chi connectivity index (χ0n) is 15.8. The normalized spacial score (nSPS) is 18.0. The Hall–Kier alpha value is -1.02. The number of ether oxygens (including phenoxy) is 1. The van der Waals surface area contributed by atoms with Gasteiger partial charge in [0.1, 0.15) is 5.75 Å². The molecule has 142 valence electrons. The molecule has 0 spiro atoms. The lowest BCUT2D eigenvalue weighted by Gasteiger charge is -2.21. The van der Waals surface area contributed by atoms with Crippen molar-refractivity contribution in [3.8, 4) is 5.75 Å². The van der Waals surface area contributed by atoms with Gasteiger partial charge in [-0.05, 0) is 57.3 Å². The molecule has 0 aliphatic carbocycles. The maximum atomic E-state index is 5.96. The molecule has 1 atom stereocenters. The molecule has 0 radical (unpaired) electrons. The fourth-order valence-corrected chi connectivity index (χ4v) is 3.27. The van der Waals surface area contributed by atoms with Gasteiger partial charge in [0.05, 0.1) is 13.2 Å². The van der Waals surface area contributed by atoms with Crippen LogP contribution in [0.4, 0.5) is 0 Å². The van der Waals surface area contributed by atoms with Crippen LogP contribution in [-0.4, -0.2) is 49.7 Å². The third-order valence-corrected chi connectivity index (χ3v) is 4.66. The van der Waals surface area contributed by atoms with E-state index in [1.54, 1.807) is 0 Å². The van der Waals surface area contributed by atoms with Gasteiger partial charge in [-0.1, -0.05) is 25.1 Å². The second kappa shape index (κ2) is 11.6. The first kappa shape index (κ1) is 22.0. The van der Waals surface area contributed by atoms with E-state index in [0.717, 1.165) is 31.8 Å². The summed E-state index contributed by atoms with van der Waals surface area (Å²) in [5.74, 6) is 1.55. The average Bonchev–Trinajstić information content (AvgIpc) is 3.02. The Kier molecular flexibility index (Phi) is 10.2. The Morgan fingerprint density at radius 1 is 1.36 bits per heavy atom. The fraction of sp³-hybridized carbons (Fsp3) is 0.632. The summed E-state index contributed by atoms with van der Waals surface area (Å²) in [4.78, 5) is 6.97. The Bertz CT molecular complexity index is 530. The quantitative estimate of drug-likeness (QED) is 0.271. The topological polar surface area (TPSA) is 62.9 Å². The molecule has 6 heteroatoms. The molecule has 1 aromatic rings. The van der Waals surface area contributed by atoms with Gasteiger partial charge in [-0.25, -0.2) is 0 Å². The van der Waals surface area contributed by atoms with E-state index in [0.29, 0.717) is 18.6 Å². The number of nitrogens with one attached hydrogen (secondary N) is 1. The molecule has 1 unspecified atom stereocenters. The molecule has 2 rings (SSSR count). The molecule has 25 heavy (non-hydrogen) atoms. The first-order chi connectivity index (χ1) is 11.6. The number of hydrogen-bond acceptors (Lipinski definition) is 3. The number of nitrogens with two attached hydrogens (primary N) is 1. The van der Waals surface area contributed by atoms with Crippen LogP contribution in [0.3, 0.4) is 0 Å². The van der Waals surface area contributed by atoms with Crippen molar-refractivity contribution in [1.29, 1.82) is 0 Å². The zero-order valence-corrected chi connectivity index (χ0v) is 18.1. The van der Waals surface area contributed by atoms with Crippen LogP contribution in [-0.2, 0) is 0 Å². The van der Waals surface area contributed by atoms with Gasteiger partial charge in [0.2, 0.25) is 0 Å². The van der Waals surface area contributed by atoms with E-state index < -0.39 is 0 Å². The highest BCUT2D eigenvalue weighted by molar-refractivity contribution is 14.0. The molecule has 0 bridgehead atoms. The second-order valence-corrected chi connectivity index (χ2v) is 6.50. The summed E-state index contributed by atoms with van der Waals surface area (Å²) in [5, 5.41) is 3.18. The van der Waals surface area contributed by atoms with Crippen LogP contribution in [0.15, 0.2) is 23.2 Å². The van der Waals surface area contributed by atoms with E-state index in [9.17, 15) is 0 Å². The summed E-state index contributed by atoms with van der Waals surface area (Å²) in [5.41, 5.74) is 8.32. The highest BCUT2D eigenvalue weighted by Crippen LogP contribution is 2.22. The highest BCUT2D eigenvalue weighted by Gasteiger charge is 2.22. The lowest BCUT2D eigenvalue weighted by molar-refractivity contribution is 0.273. The minimum Gasteiger partial charge on any atom is -0.493 e. The largest absolute Gasteiger partial charge is 0.493 e. The van der Waals surface area contributed by atoms with E-state index in [2.05, 4.69) is 54.2 Å². The van der Waals surface area contributed by atoms with Gasteiger partial charge in [-0.15, -0.1) is 24.0 Å². The number of nitrogens with zero attached hydrogens (tertiary/aromatic N) is 2. The van der Waals surface area contributed by atoms with Crippen LogP contribution in [0.5, 0.6) is 5.75 Å². The molecular formula is C19H33IN4O. The van der Waals surface area contributed by atoms with Crippen molar-refractivity contribution in [2.75, 3.05) is 32.8 Å². The predicted octanol–water partition coefficient (Wildman–Crippen LogP) is 3.08. The van der Waals surface area contributed by atoms with Gasteiger partial charge in [0.25, 0.3) is 0 Å². The van der Waals surface area contributed by atoms with Crippen molar-refractivity contribution >= 4 is 29.9 Å². The van der Waals surface area contributed by atoms with Gasteiger partial charge in [-0.2, -0.15) is 0 Å². The van der Waals surface area contributed by atoms with Crippen molar-refractivity contribution in [2.45, 2.75) is 46.1 Å². The number of likely N-dealkylation sites (N-methyl/N-ethyl adjacent to an activating group) is 1. The number of hydrogen-bond donors (Lipinski definition) is 2. The maximum absolute atomic E-state index is 5.96. The molecule has 0 amide bonds. The molecule has 1 saturated heterocycles. The first-order valence-corrected chi connectivity index (χ1v) is 9.08. The van der Waals surface area contributed by atoms with E-state index in [4.69, 9.17) is 10.5 Å². The summed E-state index contributed by atoms with van der Waals surface area (Å²) >= 11 is 0. The number of rotatable bonds is 8. The summed E-state index contributed by atoms with van der Waals surface area (Å²) < 4.78 is 5.89. The van der Waals surface area contributed by atoms with Crippen LogP contribution in [0.2, 0.25) is 0 Å². The average molecular weight is 460 g/mol. The molecule has 3 N–H and O–H groups in total. The molecule has 1 aliphatic heterocycles. The minimum atomic E-state index is 0.